The average molecular weight is 476 g/mol. The van der Waals surface area contributed by atoms with Gasteiger partial charge in [-0.15, -0.1) is 24.0 Å². The Labute approximate surface area is 174 Å². The van der Waals surface area contributed by atoms with Gasteiger partial charge in [0.25, 0.3) is 0 Å². The zero-order valence-electron chi connectivity index (χ0n) is 16.4. The van der Waals surface area contributed by atoms with Crippen molar-refractivity contribution in [1.29, 1.82) is 0 Å². The molecule has 148 valence electrons. The highest BCUT2D eigenvalue weighted by atomic mass is 127. The minimum Gasteiger partial charge on any atom is -0.474 e. The molecule has 7 heteroatoms. The fraction of sp³-hybridized carbons (Fsp3) is 0.684. The number of ether oxygens (including phenoxy) is 2. The van der Waals surface area contributed by atoms with Crippen LogP contribution in [-0.2, 0) is 11.3 Å². The summed E-state index contributed by atoms with van der Waals surface area (Å²) in [7, 11) is 1.72. The molecule has 1 saturated carbocycles. The molecule has 0 atom stereocenters. The van der Waals surface area contributed by atoms with Gasteiger partial charge < -0.3 is 20.1 Å². The Morgan fingerprint density at radius 1 is 1.31 bits per heavy atom. The molecule has 0 aliphatic heterocycles. The Balaban J connectivity index is 0.00000338. The number of methoxy groups -OCH3 is 1. The van der Waals surface area contributed by atoms with E-state index in [2.05, 4.69) is 27.5 Å². The second-order valence-electron chi connectivity index (χ2n) is 7.00. The normalized spacial score (nSPS) is 15.5. The summed E-state index contributed by atoms with van der Waals surface area (Å²) in [5.41, 5.74) is 0.763. The quantitative estimate of drug-likeness (QED) is 0.342. The number of nitrogens with one attached hydrogen (secondary N) is 2. The zero-order chi connectivity index (χ0) is 18.1. The Bertz CT molecular complexity index is 560. The van der Waals surface area contributed by atoms with Crippen molar-refractivity contribution < 1.29 is 9.47 Å². The van der Waals surface area contributed by atoms with E-state index >= 15 is 0 Å². The van der Waals surface area contributed by atoms with Gasteiger partial charge in [0.1, 0.15) is 6.10 Å². The lowest BCUT2D eigenvalue weighted by atomic mass is 10.1. The van der Waals surface area contributed by atoms with E-state index in [4.69, 9.17) is 9.47 Å². The van der Waals surface area contributed by atoms with Crippen molar-refractivity contribution in [3.8, 4) is 5.88 Å². The number of hydrogen-bond acceptors (Lipinski definition) is 4. The van der Waals surface area contributed by atoms with Crippen LogP contribution >= 0.6 is 24.0 Å². The van der Waals surface area contributed by atoms with E-state index in [1.165, 1.54) is 12.8 Å². The van der Waals surface area contributed by atoms with Crippen LogP contribution in [0.15, 0.2) is 23.3 Å². The van der Waals surface area contributed by atoms with Crippen LogP contribution in [0, 0.1) is 0 Å². The van der Waals surface area contributed by atoms with Gasteiger partial charge in [0.15, 0.2) is 5.96 Å². The summed E-state index contributed by atoms with van der Waals surface area (Å²) in [4.78, 5) is 9.09. The van der Waals surface area contributed by atoms with E-state index in [1.54, 1.807) is 13.3 Å². The summed E-state index contributed by atoms with van der Waals surface area (Å²) in [6.45, 7) is 8.14. The molecular weight excluding hydrogens is 443 g/mol. The Hall–Kier alpha value is -1.09. The first-order chi connectivity index (χ1) is 12.0. The number of aromatic nitrogens is 1. The third-order valence-corrected chi connectivity index (χ3v) is 4.42. The van der Waals surface area contributed by atoms with Crippen LogP contribution in [0.4, 0.5) is 0 Å². The van der Waals surface area contributed by atoms with Crippen molar-refractivity contribution in [3.63, 3.8) is 0 Å². The fourth-order valence-corrected chi connectivity index (χ4v) is 2.69. The maximum Gasteiger partial charge on any atom is 0.218 e. The first-order valence-corrected chi connectivity index (χ1v) is 9.22. The highest BCUT2D eigenvalue weighted by Gasteiger charge is 2.19. The summed E-state index contributed by atoms with van der Waals surface area (Å²) in [6, 6.07) is 3.96. The van der Waals surface area contributed by atoms with Gasteiger partial charge in [-0.1, -0.05) is 6.07 Å². The Morgan fingerprint density at radius 3 is 2.69 bits per heavy atom. The van der Waals surface area contributed by atoms with Gasteiger partial charge in [-0.05, 0) is 52.5 Å². The molecule has 0 bridgehead atoms. The number of guanidine groups is 1. The molecule has 1 heterocycles. The van der Waals surface area contributed by atoms with Crippen LogP contribution in [0.1, 0.15) is 52.0 Å². The Morgan fingerprint density at radius 2 is 2.04 bits per heavy atom. The standard InChI is InChI=1S/C19H32N4O2.HI/c1-5-20-18(23-14-19(2,3)24-4)22-13-15-9-8-12-21-17(15)25-16-10-6-7-11-16;/h8-9,12,16H,5-7,10-11,13-14H2,1-4H3,(H2,20,22,23);1H. The van der Waals surface area contributed by atoms with Crippen molar-refractivity contribution in [2.45, 2.75) is 64.7 Å². The van der Waals surface area contributed by atoms with Crippen molar-refractivity contribution in [2.75, 3.05) is 20.2 Å². The predicted octanol–water partition coefficient (Wildman–Crippen LogP) is 3.50. The van der Waals surface area contributed by atoms with Crippen molar-refractivity contribution in [1.82, 2.24) is 15.6 Å². The second kappa shape index (κ2) is 11.6. The molecule has 26 heavy (non-hydrogen) atoms. The summed E-state index contributed by atoms with van der Waals surface area (Å²) in [5, 5.41) is 6.59. The Kier molecular flexibility index (Phi) is 10.2. The third kappa shape index (κ3) is 7.65. The van der Waals surface area contributed by atoms with Gasteiger partial charge in [-0.2, -0.15) is 0 Å². The highest BCUT2D eigenvalue weighted by molar-refractivity contribution is 14.0. The van der Waals surface area contributed by atoms with Crippen LogP contribution in [0.3, 0.4) is 0 Å². The van der Waals surface area contributed by atoms with E-state index in [1.807, 2.05) is 26.0 Å². The SMILES string of the molecule is CCNC(=NCc1cccnc1OC1CCCC1)NCC(C)(C)OC.I. The van der Waals surface area contributed by atoms with Crippen LogP contribution in [0.25, 0.3) is 0 Å². The number of nitrogens with zero attached hydrogens (tertiary/aromatic N) is 2. The van der Waals surface area contributed by atoms with Crippen molar-refractivity contribution in [2.24, 2.45) is 4.99 Å². The highest BCUT2D eigenvalue weighted by Crippen LogP contribution is 2.25. The summed E-state index contributed by atoms with van der Waals surface area (Å²) >= 11 is 0. The van der Waals surface area contributed by atoms with Gasteiger partial charge in [0.05, 0.1) is 12.1 Å². The fourth-order valence-electron chi connectivity index (χ4n) is 2.69. The maximum absolute atomic E-state index is 6.09. The number of aliphatic imine (C=N–C) groups is 1. The van der Waals surface area contributed by atoms with E-state index < -0.39 is 0 Å². The van der Waals surface area contributed by atoms with E-state index in [-0.39, 0.29) is 29.6 Å². The lowest BCUT2D eigenvalue weighted by Crippen LogP contribution is -2.45. The molecule has 0 amide bonds. The molecule has 0 aromatic carbocycles. The molecule has 0 radical (unpaired) electrons. The average Bonchev–Trinajstić information content (AvgIpc) is 3.11. The number of pyridine rings is 1. The molecular formula is C19H33IN4O2. The molecule has 2 N–H and O–H groups in total. The van der Waals surface area contributed by atoms with E-state index in [9.17, 15) is 0 Å². The first kappa shape index (κ1) is 23.0. The zero-order valence-corrected chi connectivity index (χ0v) is 18.7. The largest absolute Gasteiger partial charge is 0.474 e. The molecule has 1 fully saturated rings. The smallest absolute Gasteiger partial charge is 0.218 e. The van der Waals surface area contributed by atoms with E-state index in [0.717, 1.165) is 30.9 Å². The van der Waals surface area contributed by atoms with E-state index in [0.29, 0.717) is 25.1 Å². The van der Waals surface area contributed by atoms with Crippen LogP contribution < -0.4 is 15.4 Å². The molecule has 6 nitrogen and oxygen atoms in total. The summed E-state index contributed by atoms with van der Waals surface area (Å²) in [5.74, 6) is 1.48. The lowest BCUT2D eigenvalue weighted by molar-refractivity contribution is 0.0268. The first-order valence-electron chi connectivity index (χ1n) is 9.22. The molecule has 1 aromatic rings. The summed E-state index contributed by atoms with van der Waals surface area (Å²) in [6.07, 6.45) is 6.81. The van der Waals surface area contributed by atoms with Crippen LogP contribution in [0.2, 0.25) is 0 Å². The molecule has 0 spiro atoms. The summed E-state index contributed by atoms with van der Waals surface area (Å²) < 4.78 is 11.5. The molecule has 0 saturated heterocycles. The van der Waals surface area contributed by atoms with Gasteiger partial charge in [-0.3, -0.25) is 0 Å². The van der Waals surface area contributed by atoms with Gasteiger partial charge in [0, 0.05) is 32.0 Å². The molecule has 1 aliphatic carbocycles. The molecule has 0 unspecified atom stereocenters. The minimum absolute atomic E-state index is 0. The molecule has 2 rings (SSSR count). The van der Waals surface area contributed by atoms with Crippen LogP contribution in [-0.4, -0.2) is 42.8 Å². The van der Waals surface area contributed by atoms with Gasteiger partial charge >= 0.3 is 0 Å². The number of hydrogen-bond donors (Lipinski definition) is 2. The topological polar surface area (TPSA) is 67.8 Å². The van der Waals surface area contributed by atoms with Crippen molar-refractivity contribution in [3.05, 3.63) is 23.9 Å². The second-order valence-corrected chi connectivity index (χ2v) is 7.00. The number of rotatable bonds is 8. The van der Waals surface area contributed by atoms with Gasteiger partial charge in [0.2, 0.25) is 5.88 Å². The molecule has 1 aromatic heterocycles. The van der Waals surface area contributed by atoms with Crippen molar-refractivity contribution >= 4 is 29.9 Å². The van der Waals surface area contributed by atoms with Gasteiger partial charge in [-0.25, -0.2) is 9.98 Å². The predicted molar refractivity (Wildman–Crippen MR) is 116 cm³/mol. The lowest BCUT2D eigenvalue weighted by Gasteiger charge is -2.24. The minimum atomic E-state index is -0.249. The van der Waals surface area contributed by atoms with Crippen LogP contribution in [0.5, 0.6) is 5.88 Å². The monoisotopic (exact) mass is 476 g/mol. The molecule has 1 aliphatic rings. The maximum atomic E-state index is 6.09. The third-order valence-electron chi connectivity index (χ3n) is 4.42. The number of halogens is 1.